The molecular formula is C70H70O10. The molecule has 0 saturated carbocycles. The lowest BCUT2D eigenvalue weighted by molar-refractivity contribution is 0.0724. The summed E-state index contributed by atoms with van der Waals surface area (Å²) in [5.41, 5.74) is 11.0. The third-order valence-corrected chi connectivity index (χ3v) is 14.8. The first-order chi connectivity index (χ1) is 37.6. The van der Waals surface area contributed by atoms with Crippen molar-refractivity contribution in [3.05, 3.63) is 237 Å². The first-order valence-corrected chi connectivity index (χ1v) is 26.8. The Bertz CT molecular complexity index is 3590. The molecule has 10 nitrogen and oxygen atoms in total. The van der Waals surface area contributed by atoms with Crippen LogP contribution in [0.15, 0.2) is 170 Å². The van der Waals surface area contributed by atoms with Gasteiger partial charge in [0.25, 0.3) is 0 Å². The van der Waals surface area contributed by atoms with Crippen LogP contribution in [0.4, 0.5) is 9.59 Å². The maximum Gasteiger partial charge on any atom is 0.519 e. The number of carbonyl (C=O) groups excluding carboxylic acids is 4. The Balaban J connectivity index is 0.835. The minimum absolute atomic E-state index is 0.000875. The Kier molecular flexibility index (Phi) is 16.4. The molecule has 0 aliphatic heterocycles. The van der Waals surface area contributed by atoms with Crippen molar-refractivity contribution >= 4 is 24.2 Å². The van der Waals surface area contributed by atoms with Crippen molar-refractivity contribution in [3.63, 3.8) is 0 Å². The maximum atomic E-state index is 13.4. The van der Waals surface area contributed by atoms with E-state index < -0.39 is 35.1 Å². The van der Waals surface area contributed by atoms with Crippen LogP contribution >= 0.6 is 0 Å². The topological polar surface area (TPSA) is 124 Å². The van der Waals surface area contributed by atoms with Gasteiger partial charge >= 0.3 is 24.2 Å². The second-order valence-electron chi connectivity index (χ2n) is 23.6. The smallest absolute Gasteiger partial charge is 0.423 e. The van der Waals surface area contributed by atoms with Gasteiger partial charge in [-0.25, -0.2) is 19.2 Å². The number of benzene rings is 8. The first-order valence-electron chi connectivity index (χ1n) is 26.8. The molecule has 8 rings (SSSR count). The zero-order valence-electron chi connectivity index (χ0n) is 48.2. The fraction of sp³-hybridized carbons (Fsp3) is 0.257. The van der Waals surface area contributed by atoms with Crippen molar-refractivity contribution in [1.82, 2.24) is 0 Å². The van der Waals surface area contributed by atoms with Gasteiger partial charge in [0.1, 0.15) is 34.5 Å². The molecule has 0 aliphatic carbocycles. The molecule has 8 aromatic rings. The van der Waals surface area contributed by atoms with E-state index in [1.807, 2.05) is 143 Å². The Morgan fingerprint density at radius 1 is 0.287 bits per heavy atom. The highest BCUT2D eigenvalue weighted by Crippen LogP contribution is 2.39. The quantitative estimate of drug-likeness (QED) is 0.0626. The number of rotatable bonds is 13. The van der Waals surface area contributed by atoms with Crippen LogP contribution in [-0.2, 0) is 21.7 Å². The molecule has 0 radical (unpaired) electrons. The molecule has 0 spiro atoms. The Morgan fingerprint density at radius 3 is 0.850 bits per heavy atom. The van der Waals surface area contributed by atoms with Crippen LogP contribution in [0.1, 0.15) is 146 Å². The molecule has 0 N–H and O–H groups in total. The maximum absolute atomic E-state index is 13.4. The minimum atomic E-state index is -0.858. The average molecular weight is 1070 g/mol. The van der Waals surface area contributed by atoms with Crippen molar-refractivity contribution < 1.29 is 47.6 Å². The summed E-state index contributed by atoms with van der Waals surface area (Å²) in [6.07, 6.45) is -1.67. The predicted molar refractivity (Wildman–Crippen MR) is 314 cm³/mol. The lowest BCUT2D eigenvalue weighted by Gasteiger charge is -2.28. The summed E-state index contributed by atoms with van der Waals surface area (Å²) in [7, 11) is 0. The van der Waals surface area contributed by atoms with Crippen LogP contribution in [0.3, 0.4) is 0 Å². The summed E-state index contributed by atoms with van der Waals surface area (Å²) in [5.74, 6) is 1.56. The Hall–Kier alpha value is -8.76. The van der Waals surface area contributed by atoms with Crippen LogP contribution in [-0.4, -0.2) is 24.2 Å². The molecule has 0 saturated heterocycles. The van der Waals surface area contributed by atoms with E-state index in [0.717, 1.165) is 66.8 Å². The summed E-state index contributed by atoms with van der Waals surface area (Å²) in [5, 5.41) is 0. The molecule has 410 valence electrons. The highest BCUT2D eigenvalue weighted by Gasteiger charge is 2.28. The first kappa shape index (κ1) is 57.4. The fourth-order valence-corrected chi connectivity index (χ4v) is 9.32. The highest BCUT2D eigenvalue weighted by molar-refractivity contribution is 5.93. The van der Waals surface area contributed by atoms with Crippen molar-refractivity contribution in [2.45, 2.75) is 119 Å². The SMILES string of the molecule is Cc1cc(C(C)(C)c2ccc(OC(=O)Oc3ccc(C(C)(C)c4ccc(OC(=O)c5ccc(-c6ccc(C(=O)Oc7ccc(C(C)(C)C)cc7)cc6)cc5)c(C)c4)cc3C)c(C)c2)ccc1OC(=O)Oc1ccc(C(C)(C)C)cc1. The van der Waals surface area contributed by atoms with Crippen LogP contribution in [0, 0.1) is 27.7 Å². The lowest BCUT2D eigenvalue weighted by Crippen LogP contribution is -2.21. The van der Waals surface area contributed by atoms with Gasteiger partial charge in [0.05, 0.1) is 11.1 Å². The molecule has 0 fully saturated rings. The number of carbonyl (C=O) groups is 4. The Morgan fingerprint density at radius 2 is 0.550 bits per heavy atom. The van der Waals surface area contributed by atoms with E-state index in [-0.39, 0.29) is 10.8 Å². The molecule has 80 heavy (non-hydrogen) atoms. The molecule has 0 amide bonds. The van der Waals surface area contributed by atoms with Gasteiger partial charge in [0, 0.05) is 10.8 Å². The fourth-order valence-electron chi connectivity index (χ4n) is 9.32. The normalized spacial score (nSPS) is 11.8. The summed E-state index contributed by atoms with van der Waals surface area (Å²) in [6.45, 7) is 28.7. The van der Waals surface area contributed by atoms with E-state index in [4.69, 9.17) is 28.4 Å². The van der Waals surface area contributed by atoms with E-state index in [1.54, 1.807) is 54.6 Å². The number of aryl methyl sites for hydroxylation is 4. The van der Waals surface area contributed by atoms with E-state index in [0.29, 0.717) is 45.6 Å². The van der Waals surface area contributed by atoms with Gasteiger partial charge < -0.3 is 28.4 Å². The molecule has 0 aromatic heterocycles. The largest absolute Gasteiger partial charge is 0.519 e. The Labute approximate surface area is 470 Å². The molecule has 0 atom stereocenters. The van der Waals surface area contributed by atoms with E-state index in [1.165, 1.54) is 0 Å². The highest BCUT2D eigenvalue weighted by atomic mass is 16.7. The summed E-state index contributed by atoms with van der Waals surface area (Å²) in [6, 6.07) is 52.1. The van der Waals surface area contributed by atoms with Crippen molar-refractivity contribution in [3.8, 4) is 45.6 Å². The van der Waals surface area contributed by atoms with Gasteiger partial charge in [-0.1, -0.05) is 166 Å². The summed E-state index contributed by atoms with van der Waals surface area (Å²) >= 11 is 0. The van der Waals surface area contributed by atoms with Crippen LogP contribution in [0.25, 0.3) is 11.1 Å². The molecule has 0 unspecified atom stereocenters. The van der Waals surface area contributed by atoms with Crippen LogP contribution < -0.4 is 28.4 Å². The third kappa shape index (κ3) is 13.4. The van der Waals surface area contributed by atoms with E-state index >= 15 is 0 Å². The number of ether oxygens (including phenoxy) is 6. The van der Waals surface area contributed by atoms with Crippen molar-refractivity contribution in [1.29, 1.82) is 0 Å². The van der Waals surface area contributed by atoms with Gasteiger partial charge in [-0.2, -0.15) is 0 Å². The third-order valence-electron chi connectivity index (χ3n) is 14.8. The van der Waals surface area contributed by atoms with Crippen LogP contribution in [0.2, 0.25) is 0 Å². The van der Waals surface area contributed by atoms with Crippen LogP contribution in [0.5, 0.6) is 34.5 Å². The predicted octanol–water partition coefficient (Wildman–Crippen LogP) is 17.4. The molecule has 0 heterocycles. The van der Waals surface area contributed by atoms with E-state index in [9.17, 15) is 19.2 Å². The summed E-state index contributed by atoms with van der Waals surface area (Å²) < 4.78 is 34.1. The van der Waals surface area contributed by atoms with Gasteiger partial charge in [0.15, 0.2) is 0 Å². The molecule has 0 bridgehead atoms. The zero-order valence-corrected chi connectivity index (χ0v) is 48.2. The molecular weight excluding hydrogens is 1000 g/mol. The van der Waals surface area contributed by atoms with Gasteiger partial charge in [0.2, 0.25) is 0 Å². The second kappa shape index (κ2) is 22.9. The average Bonchev–Trinajstić information content (AvgIpc) is 3.48. The summed E-state index contributed by atoms with van der Waals surface area (Å²) in [4.78, 5) is 52.2. The number of hydrogen-bond donors (Lipinski definition) is 0. The van der Waals surface area contributed by atoms with Gasteiger partial charge in [-0.3, -0.25) is 0 Å². The van der Waals surface area contributed by atoms with E-state index in [2.05, 4.69) is 69.2 Å². The van der Waals surface area contributed by atoms with Crippen molar-refractivity contribution in [2.24, 2.45) is 0 Å². The van der Waals surface area contributed by atoms with Gasteiger partial charge in [-0.05, 0) is 178 Å². The van der Waals surface area contributed by atoms with Crippen molar-refractivity contribution in [2.75, 3.05) is 0 Å². The molecule has 8 aromatic carbocycles. The van der Waals surface area contributed by atoms with Gasteiger partial charge in [-0.15, -0.1) is 0 Å². The molecule has 10 heteroatoms. The lowest BCUT2D eigenvalue weighted by atomic mass is 9.77. The second-order valence-corrected chi connectivity index (χ2v) is 23.6. The zero-order chi connectivity index (χ0) is 57.9. The monoisotopic (exact) mass is 1070 g/mol. The molecule has 0 aliphatic rings. The standard InChI is InChI=1S/C70H70O10/c1-43-39-53(27-35-59(43)77-64(72)50-21-17-48(18-22-50)47-15-19-49(20-16-47)63(71)75-57-31-23-51(24-32-57)67(5,6)7)69(11,12)55-29-37-61(45(3)41-55)79-66(74)80-62-38-30-56(42-46(62)4)70(13,14)54-28-36-60(44(2)40-54)78-65(73)76-58-33-25-52(26-34-58)68(8,9)10/h15-42H,1-14H3. The number of hydrogen-bond acceptors (Lipinski definition) is 10. The minimum Gasteiger partial charge on any atom is -0.423 e. The number of esters is 2.